The molecule has 2 heterocycles. The SMILES string of the molecule is COc1ccccc1NS(=O)(=O)c1cccc(C(=O)N2CCc3sccc3[C@@H]2C)c1. The smallest absolute Gasteiger partial charge is 0.262 e. The molecule has 0 bridgehead atoms. The number of hydrogen-bond acceptors (Lipinski definition) is 5. The molecule has 0 unspecified atom stereocenters. The van der Waals surface area contributed by atoms with Gasteiger partial charge in [-0.25, -0.2) is 8.42 Å². The Morgan fingerprint density at radius 1 is 1.17 bits per heavy atom. The maximum Gasteiger partial charge on any atom is 0.262 e. The normalized spacial score (nSPS) is 16.1. The number of fused-ring (bicyclic) bond motifs is 1. The second-order valence-corrected chi connectivity index (χ2v) is 9.74. The van der Waals surface area contributed by atoms with Crippen LogP contribution >= 0.6 is 11.3 Å². The van der Waals surface area contributed by atoms with Gasteiger partial charge in [0.2, 0.25) is 0 Å². The summed E-state index contributed by atoms with van der Waals surface area (Å²) in [5, 5.41) is 2.05. The van der Waals surface area contributed by atoms with Crippen LogP contribution in [0.15, 0.2) is 64.9 Å². The molecule has 1 N–H and O–H groups in total. The van der Waals surface area contributed by atoms with Crippen LogP contribution in [-0.2, 0) is 16.4 Å². The maximum absolute atomic E-state index is 13.2. The van der Waals surface area contributed by atoms with E-state index >= 15 is 0 Å². The Balaban J connectivity index is 1.60. The fourth-order valence-electron chi connectivity index (χ4n) is 3.68. The van der Waals surface area contributed by atoms with Gasteiger partial charge in [-0.05, 0) is 60.7 Å². The number of benzene rings is 2. The summed E-state index contributed by atoms with van der Waals surface area (Å²) >= 11 is 1.71. The van der Waals surface area contributed by atoms with Crippen LogP contribution in [0.5, 0.6) is 5.75 Å². The van der Waals surface area contributed by atoms with E-state index in [1.165, 1.54) is 29.7 Å². The number of sulfonamides is 1. The highest BCUT2D eigenvalue weighted by Crippen LogP contribution is 2.34. The van der Waals surface area contributed by atoms with E-state index in [1.807, 2.05) is 12.3 Å². The largest absolute Gasteiger partial charge is 0.495 e. The predicted octanol–water partition coefficient (Wildman–Crippen LogP) is 4.32. The average molecular weight is 443 g/mol. The number of carbonyl (C=O) groups is 1. The van der Waals surface area contributed by atoms with Gasteiger partial charge in [0.15, 0.2) is 0 Å². The summed E-state index contributed by atoms with van der Waals surface area (Å²) in [5.74, 6) is 0.246. The summed E-state index contributed by atoms with van der Waals surface area (Å²) in [6.07, 6.45) is 0.816. The molecule has 3 aromatic rings. The van der Waals surface area contributed by atoms with Gasteiger partial charge in [-0.15, -0.1) is 11.3 Å². The van der Waals surface area contributed by atoms with Gasteiger partial charge in [0.05, 0.1) is 23.7 Å². The average Bonchev–Trinajstić information content (AvgIpc) is 3.24. The first-order chi connectivity index (χ1) is 14.4. The standard InChI is InChI=1S/C22H22N2O4S2/c1-15-18-11-13-29-21(18)10-12-24(15)22(25)16-6-5-7-17(14-16)30(26,27)23-19-8-3-4-9-20(19)28-2/h3-9,11,13-15,23H,10,12H2,1-2H3/t15-/m0/s1. The molecule has 0 saturated heterocycles. The lowest BCUT2D eigenvalue weighted by Gasteiger charge is -2.33. The van der Waals surface area contributed by atoms with Gasteiger partial charge >= 0.3 is 0 Å². The Morgan fingerprint density at radius 2 is 1.97 bits per heavy atom. The van der Waals surface area contributed by atoms with E-state index in [4.69, 9.17) is 4.74 Å². The number of thiophene rings is 1. The zero-order chi connectivity index (χ0) is 21.3. The Kier molecular flexibility index (Phi) is 5.53. The van der Waals surface area contributed by atoms with E-state index in [1.54, 1.807) is 52.6 Å². The molecule has 0 radical (unpaired) electrons. The number of amides is 1. The molecule has 0 aliphatic carbocycles. The molecule has 4 rings (SSSR count). The van der Waals surface area contributed by atoms with Crippen molar-refractivity contribution in [1.29, 1.82) is 0 Å². The maximum atomic E-state index is 13.2. The highest BCUT2D eigenvalue weighted by Gasteiger charge is 2.29. The van der Waals surface area contributed by atoms with Crippen LogP contribution in [0.25, 0.3) is 0 Å². The van der Waals surface area contributed by atoms with E-state index < -0.39 is 10.0 Å². The molecule has 2 aromatic carbocycles. The van der Waals surface area contributed by atoms with Crippen LogP contribution in [0.4, 0.5) is 5.69 Å². The molecule has 8 heteroatoms. The van der Waals surface area contributed by atoms with Crippen LogP contribution in [0.3, 0.4) is 0 Å². The van der Waals surface area contributed by atoms with Gasteiger partial charge in [-0.3, -0.25) is 9.52 Å². The molecule has 1 amide bonds. The zero-order valence-electron chi connectivity index (χ0n) is 16.7. The minimum absolute atomic E-state index is 0.0279. The molecule has 1 aromatic heterocycles. The predicted molar refractivity (Wildman–Crippen MR) is 118 cm³/mol. The van der Waals surface area contributed by atoms with Crippen LogP contribution in [0.1, 0.15) is 33.8 Å². The Morgan fingerprint density at radius 3 is 2.77 bits per heavy atom. The van der Waals surface area contributed by atoms with E-state index in [9.17, 15) is 13.2 Å². The van der Waals surface area contributed by atoms with Crippen molar-refractivity contribution in [2.24, 2.45) is 0 Å². The molecule has 30 heavy (non-hydrogen) atoms. The third kappa shape index (κ3) is 3.80. The molecule has 156 valence electrons. The molecule has 1 atom stereocenters. The molecule has 6 nitrogen and oxygen atoms in total. The number of nitrogens with zero attached hydrogens (tertiary/aromatic N) is 1. The first-order valence-electron chi connectivity index (χ1n) is 9.54. The first kappa shape index (κ1) is 20.4. The summed E-state index contributed by atoms with van der Waals surface area (Å²) in [5.41, 5.74) is 1.86. The van der Waals surface area contributed by atoms with Crippen LogP contribution in [0.2, 0.25) is 0 Å². The molecule has 0 saturated carbocycles. The number of carbonyl (C=O) groups excluding carboxylic acids is 1. The number of nitrogens with one attached hydrogen (secondary N) is 1. The van der Waals surface area contributed by atoms with Gasteiger partial charge in [-0.1, -0.05) is 18.2 Å². The third-order valence-electron chi connectivity index (χ3n) is 5.28. The number of anilines is 1. The van der Waals surface area contributed by atoms with Crippen molar-refractivity contribution >= 4 is 33.0 Å². The lowest BCUT2D eigenvalue weighted by Crippen LogP contribution is -2.38. The van der Waals surface area contributed by atoms with Gasteiger partial charge in [0.1, 0.15) is 5.75 Å². The molecular formula is C22H22N2O4S2. The summed E-state index contributed by atoms with van der Waals surface area (Å²) in [4.78, 5) is 16.3. The molecular weight excluding hydrogens is 420 g/mol. The van der Waals surface area contributed by atoms with E-state index in [0.29, 0.717) is 23.5 Å². The minimum atomic E-state index is -3.88. The summed E-state index contributed by atoms with van der Waals surface area (Å²) in [6.45, 7) is 2.62. The van der Waals surface area contributed by atoms with E-state index in [0.717, 1.165) is 6.42 Å². The van der Waals surface area contributed by atoms with Crippen molar-refractivity contribution in [3.8, 4) is 5.75 Å². The zero-order valence-corrected chi connectivity index (χ0v) is 18.3. The van der Waals surface area contributed by atoms with Crippen molar-refractivity contribution in [2.45, 2.75) is 24.3 Å². The second kappa shape index (κ2) is 8.12. The summed E-state index contributed by atoms with van der Waals surface area (Å²) < 4.78 is 33.6. The Labute approximate surface area is 180 Å². The van der Waals surface area contributed by atoms with Crippen LogP contribution < -0.4 is 9.46 Å². The van der Waals surface area contributed by atoms with Crippen molar-refractivity contribution in [1.82, 2.24) is 4.90 Å². The fraction of sp³-hybridized carbons (Fsp3) is 0.227. The lowest BCUT2D eigenvalue weighted by molar-refractivity contribution is 0.0679. The van der Waals surface area contributed by atoms with Crippen LogP contribution in [0, 0.1) is 0 Å². The quantitative estimate of drug-likeness (QED) is 0.639. The van der Waals surface area contributed by atoms with Crippen molar-refractivity contribution < 1.29 is 17.9 Å². The second-order valence-electron chi connectivity index (χ2n) is 7.06. The van der Waals surface area contributed by atoms with Gasteiger partial charge in [0.25, 0.3) is 15.9 Å². The summed E-state index contributed by atoms with van der Waals surface area (Å²) in [7, 11) is -2.41. The minimum Gasteiger partial charge on any atom is -0.495 e. The monoisotopic (exact) mass is 442 g/mol. The molecule has 0 fully saturated rings. The number of rotatable bonds is 5. The molecule has 0 spiro atoms. The Bertz CT molecular complexity index is 1190. The van der Waals surface area contributed by atoms with E-state index in [-0.39, 0.29) is 16.8 Å². The molecule has 1 aliphatic rings. The van der Waals surface area contributed by atoms with Crippen molar-refractivity contribution in [3.05, 3.63) is 76.0 Å². The number of hydrogen-bond donors (Lipinski definition) is 1. The van der Waals surface area contributed by atoms with E-state index in [2.05, 4.69) is 10.8 Å². The number of methoxy groups -OCH3 is 1. The highest BCUT2D eigenvalue weighted by atomic mass is 32.2. The van der Waals surface area contributed by atoms with Gasteiger partial charge in [0, 0.05) is 17.0 Å². The first-order valence-corrected chi connectivity index (χ1v) is 11.9. The number of para-hydroxylation sites is 2. The van der Waals surface area contributed by atoms with Crippen molar-refractivity contribution in [3.63, 3.8) is 0 Å². The summed E-state index contributed by atoms with van der Waals surface area (Å²) in [6, 6.07) is 14.9. The lowest BCUT2D eigenvalue weighted by atomic mass is 10.0. The third-order valence-corrected chi connectivity index (χ3v) is 7.64. The molecule has 1 aliphatic heterocycles. The number of ether oxygens (including phenoxy) is 1. The van der Waals surface area contributed by atoms with Crippen molar-refractivity contribution in [2.75, 3.05) is 18.4 Å². The topological polar surface area (TPSA) is 75.7 Å². The van der Waals surface area contributed by atoms with Crippen LogP contribution in [-0.4, -0.2) is 32.9 Å². The highest BCUT2D eigenvalue weighted by molar-refractivity contribution is 7.92. The van der Waals surface area contributed by atoms with Gasteiger partial charge in [-0.2, -0.15) is 0 Å². The van der Waals surface area contributed by atoms with Gasteiger partial charge < -0.3 is 9.64 Å². The fourth-order valence-corrected chi connectivity index (χ4v) is 5.76. The Hall–Kier alpha value is -2.84.